The Morgan fingerprint density at radius 1 is 1.53 bits per heavy atom. The van der Waals surface area contributed by atoms with E-state index in [1.807, 2.05) is 0 Å². The fourth-order valence-corrected chi connectivity index (χ4v) is 1.85. The van der Waals surface area contributed by atoms with Crippen LogP contribution >= 0.6 is 0 Å². The lowest BCUT2D eigenvalue weighted by Crippen LogP contribution is -2.02. The molecule has 0 amide bonds. The topological polar surface area (TPSA) is 51.5 Å². The van der Waals surface area contributed by atoms with Gasteiger partial charge >= 0.3 is 5.97 Å². The van der Waals surface area contributed by atoms with Crippen molar-refractivity contribution in [3.05, 3.63) is 35.8 Å². The Balaban J connectivity index is 2.62. The van der Waals surface area contributed by atoms with Crippen LogP contribution in [0.1, 0.15) is 10.4 Å². The Labute approximate surface area is 97.2 Å². The molecule has 1 aromatic heterocycles. The molecule has 4 nitrogen and oxygen atoms in total. The Morgan fingerprint density at radius 2 is 2.29 bits per heavy atom. The summed E-state index contributed by atoms with van der Waals surface area (Å²) in [7, 11) is 1.56. The van der Waals surface area contributed by atoms with E-state index < -0.39 is 11.8 Å². The van der Waals surface area contributed by atoms with Gasteiger partial charge in [-0.1, -0.05) is 6.07 Å². The summed E-state index contributed by atoms with van der Waals surface area (Å²) < 4.78 is 20.3. The minimum Gasteiger partial charge on any atom is -0.478 e. The SMILES string of the molecule is COCCn1cc(C(=O)O)c2c(F)cccc21. The van der Waals surface area contributed by atoms with Gasteiger partial charge in [0.2, 0.25) is 0 Å². The highest BCUT2D eigenvalue weighted by molar-refractivity contribution is 6.03. The summed E-state index contributed by atoms with van der Waals surface area (Å²) in [5, 5.41) is 9.18. The largest absolute Gasteiger partial charge is 0.478 e. The van der Waals surface area contributed by atoms with E-state index >= 15 is 0 Å². The van der Waals surface area contributed by atoms with Crippen LogP contribution < -0.4 is 0 Å². The average molecular weight is 237 g/mol. The fraction of sp³-hybridized carbons (Fsp3) is 0.250. The van der Waals surface area contributed by atoms with E-state index in [9.17, 15) is 9.18 Å². The zero-order valence-corrected chi connectivity index (χ0v) is 9.31. The Hall–Kier alpha value is -1.88. The molecule has 0 radical (unpaired) electrons. The second kappa shape index (κ2) is 4.55. The number of hydrogen-bond donors (Lipinski definition) is 1. The van der Waals surface area contributed by atoms with Crippen LogP contribution in [0.25, 0.3) is 10.9 Å². The van der Waals surface area contributed by atoms with E-state index in [1.54, 1.807) is 23.8 Å². The Morgan fingerprint density at radius 3 is 2.94 bits per heavy atom. The molecule has 17 heavy (non-hydrogen) atoms. The number of halogens is 1. The van der Waals surface area contributed by atoms with Crippen molar-refractivity contribution < 1.29 is 19.0 Å². The number of rotatable bonds is 4. The lowest BCUT2D eigenvalue weighted by Gasteiger charge is -2.03. The van der Waals surface area contributed by atoms with Crippen LogP contribution in [0.3, 0.4) is 0 Å². The monoisotopic (exact) mass is 237 g/mol. The maximum absolute atomic E-state index is 13.6. The standard InChI is InChI=1S/C12H12FNO3/c1-17-6-5-14-7-8(12(15)16)11-9(13)3-2-4-10(11)14/h2-4,7H,5-6H2,1H3,(H,15,16). The third kappa shape index (κ3) is 2.01. The molecular weight excluding hydrogens is 225 g/mol. The first-order valence-electron chi connectivity index (χ1n) is 5.14. The van der Waals surface area contributed by atoms with Crippen LogP contribution in [-0.2, 0) is 11.3 Å². The van der Waals surface area contributed by atoms with E-state index in [2.05, 4.69) is 0 Å². The molecule has 0 atom stereocenters. The van der Waals surface area contributed by atoms with Gasteiger partial charge in [0.05, 0.1) is 17.7 Å². The predicted octanol–water partition coefficient (Wildman–Crippen LogP) is 2.12. The number of nitrogens with zero attached hydrogens (tertiary/aromatic N) is 1. The molecule has 1 N–H and O–H groups in total. The van der Waals surface area contributed by atoms with E-state index in [0.717, 1.165) is 0 Å². The molecule has 0 saturated heterocycles. The summed E-state index contributed by atoms with van der Waals surface area (Å²) >= 11 is 0. The smallest absolute Gasteiger partial charge is 0.337 e. The number of carboxylic acid groups (broad SMARTS) is 1. The molecule has 0 unspecified atom stereocenters. The Bertz CT molecular complexity index is 562. The third-order valence-electron chi connectivity index (χ3n) is 2.62. The highest BCUT2D eigenvalue weighted by Gasteiger charge is 2.16. The van der Waals surface area contributed by atoms with Gasteiger partial charge in [0.15, 0.2) is 0 Å². The maximum atomic E-state index is 13.6. The average Bonchev–Trinajstić information content (AvgIpc) is 2.67. The van der Waals surface area contributed by atoms with Gasteiger partial charge < -0.3 is 14.4 Å². The van der Waals surface area contributed by atoms with Crippen LogP contribution in [-0.4, -0.2) is 29.4 Å². The van der Waals surface area contributed by atoms with Gasteiger partial charge in [-0.2, -0.15) is 0 Å². The first kappa shape index (κ1) is 11.6. The van der Waals surface area contributed by atoms with Gasteiger partial charge in [-0.15, -0.1) is 0 Å². The van der Waals surface area contributed by atoms with Crippen molar-refractivity contribution in [1.82, 2.24) is 4.57 Å². The minimum absolute atomic E-state index is 0.0193. The molecule has 2 rings (SSSR count). The lowest BCUT2D eigenvalue weighted by molar-refractivity contribution is 0.0698. The number of aromatic nitrogens is 1. The van der Waals surface area contributed by atoms with Crippen LogP contribution in [0.5, 0.6) is 0 Å². The number of hydrogen-bond acceptors (Lipinski definition) is 2. The van der Waals surface area contributed by atoms with Crippen molar-refractivity contribution in [2.24, 2.45) is 0 Å². The second-order valence-corrected chi connectivity index (χ2v) is 3.67. The van der Waals surface area contributed by atoms with E-state index in [4.69, 9.17) is 9.84 Å². The molecule has 0 fully saturated rings. The van der Waals surface area contributed by atoms with Crippen LogP contribution in [0, 0.1) is 5.82 Å². The van der Waals surface area contributed by atoms with Crippen LogP contribution in [0.4, 0.5) is 4.39 Å². The summed E-state index contributed by atoms with van der Waals surface area (Å²) in [5.41, 5.74) is 0.550. The molecule has 0 aliphatic heterocycles. The molecule has 0 aliphatic rings. The quantitative estimate of drug-likeness (QED) is 0.886. The number of ether oxygens (including phenoxy) is 1. The molecule has 0 saturated carbocycles. The molecule has 0 bridgehead atoms. The maximum Gasteiger partial charge on any atom is 0.337 e. The van der Waals surface area contributed by atoms with Crippen LogP contribution in [0.15, 0.2) is 24.4 Å². The number of carbonyl (C=O) groups is 1. The number of carboxylic acids is 1. The fourth-order valence-electron chi connectivity index (χ4n) is 1.85. The molecule has 2 aromatic rings. The molecule has 5 heteroatoms. The highest BCUT2D eigenvalue weighted by atomic mass is 19.1. The molecular formula is C12H12FNO3. The molecule has 1 heterocycles. The van der Waals surface area contributed by atoms with E-state index in [-0.39, 0.29) is 10.9 Å². The summed E-state index contributed by atoms with van der Waals surface area (Å²) in [6.45, 7) is 0.934. The first-order chi connectivity index (χ1) is 8.15. The van der Waals surface area contributed by atoms with Crippen molar-refractivity contribution in [2.45, 2.75) is 6.54 Å². The van der Waals surface area contributed by atoms with Crippen molar-refractivity contribution in [3.63, 3.8) is 0 Å². The van der Waals surface area contributed by atoms with E-state index in [0.29, 0.717) is 18.7 Å². The number of methoxy groups -OCH3 is 1. The number of aromatic carboxylic acids is 1. The van der Waals surface area contributed by atoms with Crippen molar-refractivity contribution in [1.29, 1.82) is 0 Å². The lowest BCUT2D eigenvalue weighted by atomic mass is 10.1. The summed E-state index contributed by atoms with van der Waals surface area (Å²) in [4.78, 5) is 11.0. The molecule has 0 spiro atoms. The molecule has 0 aliphatic carbocycles. The van der Waals surface area contributed by atoms with E-state index in [1.165, 1.54) is 12.3 Å². The van der Waals surface area contributed by atoms with Gasteiger partial charge in [0.1, 0.15) is 5.82 Å². The predicted molar refractivity (Wildman–Crippen MR) is 60.7 cm³/mol. The minimum atomic E-state index is -1.13. The van der Waals surface area contributed by atoms with Crippen LogP contribution in [0.2, 0.25) is 0 Å². The Kier molecular flexibility index (Phi) is 3.10. The van der Waals surface area contributed by atoms with Crippen molar-refractivity contribution in [2.75, 3.05) is 13.7 Å². The van der Waals surface area contributed by atoms with Gasteiger partial charge in [0, 0.05) is 25.2 Å². The van der Waals surface area contributed by atoms with Crippen molar-refractivity contribution >= 4 is 16.9 Å². The second-order valence-electron chi connectivity index (χ2n) is 3.67. The molecule has 90 valence electrons. The van der Waals surface area contributed by atoms with Crippen molar-refractivity contribution in [3.8, 4) is 0 Å². The summed E-state index contributed by atoms with van der Waals surface area (Å²) in [5.74, 6) is -1.65. The van der Waals surface area contributed by atoms with Gasteiger partial charge in [-0.25, -0.2) is 9.18 Å². The third-order valence-corrected chi connectivity index (χ3v) is 2.62. The normalized spacial score (nSPS) is 10.9. The molecule has 1 aromatic carbocycles. The number of benzene rings is 1. The summed E-state index contributed by atoms with van der Waals surface area (Å²) in [6, 6.07) is 4.52. The van der Waals surface area contributed by atoms with Gasteiger partial charge in [-0.3, -0.25) is 0 Å². The van der Waals surface area contributed by atoms with Gasteiger partial charge in [-0.05, 0) is 12.1 Å². The zero-order valence-electron chi connectivity index (χ0n) is 9.31. The number of fused-ring (bicyclic) bond motifs is 1. The van der Waals surface area contributed by atoms with Gasteiger partial charge in [0.25, 0.3) is 0 Å². The summed E-state index contributed by atoms with van der Waals surface area (Å²) in [6.07, 6.45) is 1.44. The first-order valence-corrected chi connectivity index (χ1v) is 5.14. The highest BCUT2D eigenvalue weighted by Crippen LogP contribution is 2.24. The zero-order chi connectivity index (χ0) is 12.4.